The number of nitriles is 1. The number of carbonyl (C=O) groups excluding carboxylic acids is 1. The number of anilines is 1. The van der Waals surface area contributed by atoms with Crippen molar-refractivity contribution < 1.29 is 13.6 Å². The van der Waals surface area contributed by atoms with Crippen LogP contribution in [-0.2, 0) is 23.8 Å². The highest BCUT2D eigenvalue weighted by atomic mass is 19.3. The minimum atomic E-state index is -3.37. The van der Waals surface area contributed by atoms with Gasteiger partial charge in [-0.05, 0) is 36.8 Å². The Balaban J connectivity index is 1.72. The van der Waals surface area contributed by atoms with Gasteiger partial charge in [0.2, 0.25) is 5.91 Å². The monoisotopic (exact) mass is 439 g/mol. The summed E-state index contributed by atoms with van der Waals surface area (Å²) in [6.45, 7) is 0.586. The molecule has 164 valence electrons. The number of pyridine rings is 2. The molecule has 0 atom stereocenters. The van der Waals surface area contributed by atoms with Gasteiger partial charge in [-0.15, -0.1) is 0 Å². The van der Waals surface area contributed by atoms with Crippen LogP contribution >= 0.6 is 0 Å². The Bertz CT molecular complexity index is 1210. The Morgan fingerprint density at radius 3 is 2.72 bits per heavy atom. The standard InChI is InChI=1S/C21H19F2N7O2/c1-14-5-7-25-15(8-14)10-27-18(31)12-30-16(9-24)11-28-19(20(30)32)29-13-21(22,23)17-4-2-3-6-26-17/h2-8,11H,10,12-13H2,1H3,(H,27,31)(H,28,29). The first-order chi connectivity index (χ1) is 15.3. The van der Waals surface area contributed by atoms with E-state index in [1.807, 2.05) is 13.0 Å². The lowest BCUT2D eigenvalue weighted by Crippen LogP contribution is -2.36. The molecule has 0 fully saturated rings. The van der Waals surface area contributed by atoms with Crippen LogP contribution in [0.3, 0.4) is 0 Å². The third-order valence-corrected chi connectivity index (χ3v) is 4.43. The van der Waals surface area contributed by atoms with E-state index in [-0.39, 0.29) is 12.2 Å². The molecule has 0 unspecified atom stereocenters. The van der Waals surface area contributed by atoms with E-state index in [1.54, 1.807) is 18.3 Å². The van der Waals surface area contributed by atoms with Crippen LogP contribution < -0.4 is 16.2 Å². The molecule has 3 heterocycles. The zero-order chi connectivity index (χ0) is 23.1. The van der Waals surface area contributed by atoms with E-state index in [0.29, 0.717) is 5.69 Å². The molecular weight excluding hydrogens is 420 g/mol. The number of nitrogens with zero attached hydrogens (tertiary/aromatic N) is 5. The highest BCUT2D eigenvalue weighted by Crippen LogP contribution is 2.25. The quantitative estimate of drug-likeness (QED) is 0.547. The lowest BCUT2D eigenvalue weighted by atomic mass is 10.2. The lowest BCUT2D eigenvalue weighted by molar-refractivity contribution is -0.121. The van der Waals surface area contributed by atoms with E-state index >= 15 is 0 Å². The Morgan fingerprint density at radius 1 is 1.22 bits per heavy atom. The Morgan fingerprint density at radius 2 is 2.03 bits per heavy atom. The van der Waals surface area contributed by atoms with E-state index in [1.165, 1.54) is 24.4 Å². The third kappa shape index (κ3) is 5.48. The van der Waals surface area contributed by atoms with Crippen LogP contribution in [0.15, 0.2) is 53.7 Å². The summed E-state index contributed by atoms with van der Waals surface area (Å²) >= 11 is 0. The van der Waals surface area contributed by atoms with E-state index in [0.717, 1.165) is 16.3 Å². The maximum atomic E-state index is 14.3. The number of aromatic nitrogens is 4. The summed E-state index contributed by atoms with van der Waals surface area (Å²) in [7, 11) is 0. The Kier molecular flexibility index (Phi) is 6.84. The van der Waals surface area contributed by atoms with Crippen LogP contribution in [0, 0.1) is 18.3 Å². The van der Waals surface area contributed by atoms with Crippen LogP contribution in [-0.4, -0.2) is 32.0 Å². The first-order valence-corrected chi connectivity index (χ1v) is 9.51. The fourth-order valence-corrected chi connectivity index (χ4v) is 2.80. The molecule has 0 aliphatic rings. The summed E-state index contributed by atoms with van der Waals surface area (Å²) < 4.78 is 29.5. The molecule has 32 heavy (non-hydrogen) atoms. The van der Waals surface area contributed by atoms with Gasteiger partial charge in [-0.1, -0.05) is 6.07 Å². The molecule has 1 amide bonds. The SMILES string of the molecule is Cc1ccnc(CNC(=O)Cn2c(C#N)cnc(NCC(F)(F)c3ccccn3)c2=O)c1. The molecule has 0 saturated carbocycles. The van der Waals surface area contributed by atoms with Crippen molar-refractivity contribution in [3.05, 3.63) is 81.9 Å². The molecule has 3 rings (SSSR count). The zero-order valence-corrected chi connectivity index (χ0v) is 17.0. The molecule has 0 aliphatic heterocycles. The highest BCUT2D eigenvalue weighted by Gasteiger charge is 2.33. The summed E-state index contributed by atoms with van der Waals surface area (Å²) in [6.07, 6.45) is 3.88. The summed E-state index contributed by atoms with van der Waals surface area (Å²) in [5.41, 5.74) is 0.0794. The molecule has 2 N–H and O–H groups in total. The number of hydrogen-bond donors (Lipinski definition) is 2. The Labute approximate surface area is 181 Å². The van der Waals surface area contributed by atoms with Gasteiger partial charge in [0.1, 0.15) is 24.0 Å². The second-order valence-electron chi connectivity index (χ2n) is 6.87. The predicted octanol–water partition coefficient (Wildman–Crippen LogP) is 1.73. The van der Waals surface area contributed by atoms with Gasteiger partial charge in [-0.3, -0.25) is 24.1 Å². The maximum Gasteiger partial charge on any atom is 0.306 e. The number of aryl methyl sites for hydroxylation is 1. The molecule has 0 radical (unpaired) electrons. The normalized spacial score (nSPS) is 10.9. The molecule has 9 nitrogen and oxygen atoms in total. The number of amides is 1. The van der Waals surface area contributed by atoms with Gasteiger partial charge in [0, 0.05) is 12.4 Å². The summed E-state index contributed by atoms with van der Waals surface area (Å²) in [5, 5.41) is 14.2. The van der Waals surface area contributed by atoms with Crippen molar-refractivity contribution >= 4 is 11.7 Å². The zero-order valence-electron chi connectivity index (χ0n) is 17.0. The van der Waals surface area contributed by atoms with Gasteiger partial charge in [-0.2, -0.15) is 14.0 Å². The predicted molar refractivity (Wildman–Crippen MR) is 111 cm³/mol. The highest BCUT2D eigenvalue weighted by molar-refractivity contribution is 5.75. The van der Waals surface area contributed by atoms with Crippen LogP contribution in [0.5, 0.6) is 0 Å². The second-order valence-corrected chi connectivity index (χ2v) is 6.87. The van der Waals surface area contributed by atoms with Gasteiger partial charge >= 0.3 is 5.92 Å². The second kappa shape index (κ2) is 9.74. The largest absolute Gasteiger partial charge is 0.359 e. The van der Waals surface area contributed by atoms with Gasteiger partial charge < -0.3 is 10.6 Å². The van der Waals surface area contributed by atoms with E-state index in [2.05, 4.69) is 25.6 Å². The number of alkyl halides is 2. The summed E-state index contributed by atoms with van der Waals surface area (Å²) in [4.78, 5) is 36.5. The smallest absolute Gasteiger partial charge is 0.306 e. The van der Waals surface area contributed by atoms with Crippen LogP contribution in [0.1, 0.15) is 22.6 Å². The van der Waals surface area contributed by atoms with Crippen molar-refractivity contribution in [3.63, 3.8) is 0 Å². The van der Waals surface area contributed by atoms with Crippen molar-refractivity contribution in [1.82, 2.24) is 24.8 Å². The first kappa shape index (κ1) is 22.5. The molecular formula is C21H19F2N7O2. The minimum absolute atomic E-state index is 0.129. The lowest BCUT2D eigenvalue weighted by Gasteiger charge is -2.17. The molecule has 0 aromatic carbocycles. The number of halogens is 2. The molecule has 0 aliphatic carbocycles. The van der Waals surface area contributed by atoms with E-state index in [4.69, 9.17) is 0 Å². The van der Waals surface area contributed by atoms with Gasteiger partial charge in [0.05, 0.1) is 25.0 Å². The first-order valence-electron chi connectivity index (χ1n) is 9.51. The van der Waals surface area contributed by atoms with Gasteiger partial charge in [-0.25, -0.2) is 4.98 Å². The van der Waals surface area contributed by atoms with Gasteiger partial charge in [0.25, 0.3) is 5.56 Å². The van der Waals surface area contributed by atoms with Crippen molar-refractivity contribution in [1.29, 1.82) is 5.26 Å². The molecule has 3 aromatic heterocycles. The average molecular weight is 439 g/mol. The van der Waals surface area contributed by atoms with Gasteiger partial charge in [0.15, 0.2) is 5.82 Å². The van der Waals surface area contributed by atoms with Crippen LogP contribution in [0.4, 0.5) is 14.6 Å². The third-order valence-electron chi connectivity index (χ3n) is 4.43. The maximum absolute atomic E-state index is 14.3. The summed E-state index contributed by atoms with van der Waals surface area (Å²) in [6, 6.07) is 9.48. The minimum Gasteiger partial charge on any atom is -0.359 e. The topological polar surface area (TPSA) is 126 Å². The summed E-state index contributed by atoms with van der Waals surface area (Å²) in [5.74, 6) is -4.33. The molecule has 0 bridgehead atoms. The molecule has 0 saturated heterocycles. The molecule has 3 aromatic rings. The van der Waals surface area contributed by atoms with Crippen molar-refractivity contribution in [2.75, 3.05) is 11.9 Å². The number of hydrogen-bond acceptors (Lipinski definition) is 7. The van der Waals surface area contributed by atoms with Crippen LogP contribution in [0.25, 0.3) is 0 Å². The molecule has 0 spiro atoms. The van der Waals surface area contributed by atoms with Crippen molar-refractivity contribution in [2.24, 2.45) is 0 Å². The fraction of sp³-hybridized carbons (Fsp3) is 0.238. The number of rotatable bonds is 8. The molecule has 11 heteroatoms. The van der Waals surface area contributed by atoms with Crippen molar-refractivity contribution in [3.8, 4) is 6.07 Å². The van der Waals surface area contributed by atoms with E-state index in [9.17, 15) is 23.6 Å². The Hall–Kier alpha value is -4.20. The number of nitrogens with one attached hydrogen (secondary N) is 2. The average Bonchev–Trinajstić information content (AvgIpc) is 2.79. The number of carbonyl (C=O) groups is 1. The van der Waals surface area contributed by atoms with E-state index < -0.39 is 42.0 Å². The van der Waals surface area contributed by atoms with Crippen molar-refractivity contribution in [2.45, 2.75) is 25.9 Å². The van der Waals surface area contributed by atoms with Crippen LogP contribution in [0.2, 0.25) is 0 Å². The fourth-order valence-electron chi connectivity index (χ4n) is 2.80.